The van der Waals surface area contributed by atoms with E-state index in [0.717, 1.165) is 44.1 Å². The maximum absolute atomic E-state index is 10.5. The highest BCUT2D eigenvalue weighted by Crippen LogP contribution is 2.38. The number of hydrogen-bond donors (Lipinski definition) is 2. The molecule has 1 heterocycles. The number of likely N-dealkylation sites (tertiary alicyclic amines) is 1. The second-order valence-corrected chi connectivity index (χ2v) is 7.24. The molecule has 0 aromatic carbocycles. The molecule has 112 valence electrons. The fourth-order valence-corrected chi connectivity index (χ4v) is 4.26. The Morgan fingerprint density at radius 1 is 1.32 bits per heavy atom. The summed E-state index contributed by atoms with van der Waals surface area (Å²) in [6.45, 7) is 9.88. The molecular weight excluding hydrogens is 236 g/mol. The van der Waals surface area contributed by atoms with Crippen LogP contribution in [0.15, 0.2) is 0 Å². The van der Waals surface area contributed by atoms with Crippen molar-refractivity contribution in [3.63, 3.8) is 0 Å². The molecule has 1 aliphatic carbocycles. The van der Waals surface area contributed by atoms with Gasteiger partial charge in [0.05, 0.1) is 5.60 Å². The molecule has 0 amide bonds. The Kier molecular flexibility index (Phi) is 4.91. The zero-order valence-electron chi connectivity index (χ0n) is 12.9. The second-order valence-electron chi connectivity index (χ2n) is 7.24. The van der Waals surface area contributed by atoms with Gasteiger partial charge in [-0.1, -0.05) is 20.3 Å². The molecule has 0 aromatic rings. The molecule has 2 aliphatic rings. The third kappa shape index (κ3) is 3.32. The average molecular weight is 268 g/mol. The van der Waals surface area contributed by atoms with Gasteiger partial charge in [0.25, 0.3) is 0 Å². The molecule has 1 saturated carbocycles. The van der Waals surface area contributed by atoms with E-state index in [2.05, 4.69) is 25.7 Å². The van der Waals surface area contributed by atoms with Gasteiger partial charge in [-0.15, -0.1) is 0 Å². The smallest absolute Gasteiger partial charge is 0.0797 e. The van der Waals surface area contributed by atoms with E-state index in [0.29, 0.717) is 18.5 Å². The molecule has 5 unspecified atom stereocenters. The lowest BCUT2D eigenvalue weighted by atomic mass is 9.84. The minimum Gasteiger partial charge on any atom is -0.388 e. The zero-order chi connectivity index (χ0) is 14.0. The SMILES string of the molecule is CC1CC(C)C(C)N(CCC2CCCC2(O)CN)C1. The molecule has 5 atom stereocenters. The molecule has 1 aliphatic heterocycles. The quantitative estimate of drug-likeness (QED) is 0.822. The van der Waals surface area contributed by atoms with E-state index in [4.69, 9.17) is 5.73 Å². The molecule has 0 radical (unpaired) electrons. The normalized spacial score (nSPS) is 44.7. The molecule has 1 saturated heterocycles. The highest BCUT2D eigenvalue weighted by atomic mass is 16.3. The fraction of sp³-hybridized carbons (Fsp3) is 1.00. The molecule has 19 heavy (non-hydrogen) atoms. The maximum atomic E-state index is 10.5. The van der Waals surface area contributed by atoms with Crippen LogP contribution in [0.2, 0.25) is 0 Å². The first-order valence-electron chi connectivity index (χ1n) is 8.12. The van der Waals surface area contributed by atoms with Gasteiger partial charge in [-0.05, 0) is 56.9 Å². The van der Waals surface area contributed by atoms with E-state index in [1.165, 1.54) is 13.0 Å². The van der Waals surface area contributed by atoms with E-state index >= 15 is 0 Å². The monoisotopic (exact) mass is 268 g/mol. The Bertz CT molecular complexity index is 296. The van der Waals surface area contributed by atoms with Crippen molar-refractivity contribution in [3.8, 4) is 0 Å². The Labute approximate surface area is 118 Å². The van der Waals surface area contributed by atoms with Crippen molar-refractivity contribution in [2.45, 2.75) is 64.5 Å². The largest absolute Gasteiger partial charge is 0.388 e. The average Bonchev–Trinajstić information content (AvgIpc) is 2.74. The van der Waals surface area contributed by atoms with Crippen molar-refractivity contribution in [1.82, 2.24) is 4.90 Å². The standard InChI is InChI=1S/C16H32N2O/c1-12-9-13(2)14(3)18(10-12)8-6-15-5-4-7-16(15,19)11-17/h12-15,19H,4-11,17H2,1-3H3. The predicted octanol–water partition coefficient (Wildman–Crippen LogP) is 2.23. The number of rotatable bonds is 4. The van der Waals surface area contributed by atoms with Crippen LogP contribution in [-0.2, 0) is 0 Å². The lowest BCUT2D eigenvalue weighted by Gasteiger charge is -2.42. The van der Waals surface area contributed by atoms with Crippen LogP contribution in [0.3, 0.4) is 0 Å². The van der Waals surface area contributed by atoms with E-state index in [1.54, 1.807) is 0 Å². The van der Waals surface area contributed by atoms with Gasteiger partial charge in [0.1, 0.15) is 0 Å². The third-order valence-electron chi connectivity index (χ3n) is 5.76. The van der Waals surface area contributed by atoms with Crippen molar-refractivity contribution >= 4 is 0 Å². The Morgan fingerprint density at radius 2 is 2.05 bits per heavy atom. The third-order valence-corrected chi connectivity index (χ3v) is 5.76. The van der Waals surface area contributed by atoms with Gasteiger partial charge in [0, 0.05) is 19.1 Å². The summed E-state index contributed by atoms with van der Waals surface area (Å²) in [4.78, 5) is 2.63. The Morgan fingerprint density at radius 3 is 2.74 bits per heavy atom. The first kappa shape index (κ1) is 15.3. The van der Waals surface area contributed by atoms with Crippen LogP contribution >= 0.6 is 0 Å². The fourth-order valence-electron chi connectivity index (χ4n) is 4.26. The summed E-state index contributed by atoms with van der Waals surface area (Å²) in [5.74, 6) is 2.01. The number of hydrogen-bond acceptors (Lipinski definition) is 3. The molecular formula is C16H32N2O. The van der Waals surface area contributed by atoms with Crippen LogP contribution in [0.4, 0.5) is 0 Å². The first-order chi connectivity index (χ1) is 8.96. The minimum absolute atomic E-state index is 0.414. The van der Waals surface area contributed by atoms with E-state index in [9.17, 15) is 5.11 Å². The number of piperidine rings is 1. The maximum Gasteiger partial charge on any atom is 0.0797 e. The topological polar surface area (TPSA) is 49.5 Å². The molecule has 0 spiro atoms. The summed E-state index contributed by atoms with van der Waals surface area (Å²) in [6, 6.07) is 0.684. The van der Waals surface area contributed by atoms with Gasteiger partial charge in [-0.25, -0.2) is 0 Å². The highest BCUT2D eigenvalue weighted by molar-refractivity contribution is 4.94. The van der Waals surface area contributed by atoms with E-state index in [1.807, 2.05) is 0 Å². The molecule has 2 rings (SSSR count). The van der Waals surface area contributed by atoms with E-state index < -0.39 is 5.60 Å². The second kappa shape index (κ2) is 6.11. The van der Waals surface area contributed by atoms with Crippen LogP contribution < -0.4 is 5.73 Å². The molecule has 2 fully saturated rings. The summed E-state index contributed by atoms with van der Waals surface area (Å²) >= 11 is 0. The van der Waals surface area contributed by atoms with Crippen LogP contribution in [0, 0.1) is 17.8 Å². The summed E-state index contributed by atoms with van der Waals surface area (Å²) in [7, 11) is 0. The Balaban J connectivity index is 1.87. The number of nitrogens with zero attached hydrogens (tertiary/aromatic N) is 1. The van der Waals surface area contributed by atoms with Crippen LogP contribution in [0.1, 0.15) is 52.9 Å². The predicted molar refractivity (Wildman–Crippen MR) is 79.9 cm³/mol. The number of nitrogens with two attached hydrogens (primary N) is 1. The molecule has 3 N–H and O–H groups in total. The highest BCUT2D eigenvalue weighted by Gasteiger charge is 2.40. The molecule has 3 heteroatoms. The lowest BCUT2D eigenvalue weighted by molar-refractivity contribution is -0.00248. The van der Waals surface area contributed by atoms with Gasteiger partial charge in [-0.2, -0.15) is 0 Å². The lowest BCUT2D eigenvalue weighted by Crippen LogP contribution is -2.48. The summed E-state index contributed by atoms with van der Waals surface area (Å²) in [6.07, 6.45) is 5.66. The van der Waals surface area contributed by atoms with Crippen LogP contribution in [0.25, 0.3) is 0 Å². The van der Waals surface area contributed by atoms with Gasteiger partial charge < -0.3 is 15.7 Å². The molecule has 3 nitrogen and oxygen atoms in total. The van der Waals surface area contributed by atoms with Gasteiger partial charge in [0.2, 0.25) is 0 Å². The Hall–Kier alpha value is -0.120. The van der Waals surface area contributed by atoms with Crippen LogP contribution in [-0.4, -0.2) is 41.3 Å². The van der Waals surface area contributed by atoms with Crippen molar-refractivity contribution in [3.05, 3.63) is 0 Å². The summed E-state index contributed by atoms with van der Waals surface area (Å²) in [5, 5.41) is 10.5. The summed E-state index contributed by atoms with van der Waals surface area (Å²) in [5.41, 5.74) is 5.20. The van der Waals surface area contributed by atoms with E-state index in [-0.39, 0.29) is 0 Å². The first-order valence-corrected chi connectivity index (χ1v) is 8.12. The van der Waals surface area contributed by atoms with Crippen molar-refractivity contribution in [2.75, 3.05) is 19.6 Å². The van der Waals surface area contributed by atoms with Gasteiger partial charge >= 0.3 is 0 Å². The van der Waals surface area contributed by atoms with Gasteiger partial charge in [-0.3, -0.25) is 0 Å². The molecule has 0 bridgehead atoms. The molecule has 0 aromatic heterocycles. The van der Waals surface area contributed by atoms with Gasteiger partial charge in [0.15, 0.2) is 0 Å². The van der Waals surface area contributed by atoms with Crippen molar-refractivity contribution < 1.29 is 5.11 Å². The van der Waals surface area contributed by atoms with Crippen LogP contribution in [0.5, 0.6) is 0 Å². The minimum atomic E-state index is -0.573. The van der Waals surface area contributed by atoms with Crippen molar-refractivity contribution in [2.24, 2.45) is 23.5 Å². The summed E-state index contributed by atoms with van der Waals surface area (Å²) < 4.78 is 0. The number of aliphatic hydroxyl groups is 1. The van der Waals surface area contributed by atoms with Crippen molar-refractivity contribution in [1.29, 1.82) is 0 Å². The zero-order valence-corrected chi connectivity index (χ0v) is 12.9.